The van der Waals surface area contributed by atoms with E-state index in [0.29, 0.717) is 5.25 Å². The van der Waals surface area contributed by atoms with Crippen LogP contribution in [0.2, 0.25) is 0 Å². The summed E-state index contributed by atoms with van der Waals surface area (Å²) < 4.78 is 4.97. The van der Waals surface area contributed by atoms with Crippen LogP contribution in [0.4, 0.5) is 0 Å². The molecular formula is C12H15NO4S. The number of hydrogen-bond acceptors (Lipinski definition) is 4. The molecule has 1 aromatic heterocycles. The van der Waals surface area contributed by atoms with Gasteiger partial charge in [0.1, 0.15) is 6.26 Å². The first-order valence-electron chi connectivity index (χ1n) is 5.77. The van der Waals surface area contributed by atoms with Gasteiger partial charge in [-0.15, -0.1) is 0 Å². The average Bonchev–Trinajstić information content (AvgIpc) is 2.96. The van der Waals surface area contributed by atoms with E-state index in [1.807, 2.05) is 6.26 Å². The van der Waals surface area contributed by atoms with Crippen molar-refractivity contribution in [1.82, 2.24) is 5.32 Å². The molecule has 2 rings (SSSR count). The Morgan fingerprint density at radius 1 is 1.50 bits per heavy atom. The van der Waals surface area contributed by atoms with Gasteiger partial charge in [0.05, 0.1) is 5.56 Å². The van der Waals surface area contributed by atoms with Crippen molar-refractivity contribution in [3.8, 4) is 0 Å². The molecule has 2 unspecified atom stereocenters. The van der Waals surface area contributed by atoms with Crippen molar-refractivity contribution in [2.24, 2.45) is 0 Å². The lowest BCUT2D eigenvalue weighted by atomic mass is 10.2. The molecule has 0 aromatic carbocycles. The molecule has 5 nitrogen and oxygen atoms in total. The third-order valence-corrected chi connectivity index (χ3v) is 4.31. The highest BCUT2D eigenvalue weighted by molar-refractivity contribution is 7.99. The van der Waals surface area contributed by atoms with Gasteiger partial charge < -0.3 is 14.8 Å². The van der Waals surface area contributed by atoms with Crippen molar-refractivity contribution in [3.05, 3.63) is 23.7 Å². The fourth-order valence-corrected chi connectivity index (χ4v) is 3.12. The Morgan fingerprint density at radius 2 is 2.28 bits per heavy atom. The summed E-state index contributed by atoms with van der Waals surface area (Å²) in [5, 5.41) is 12.1. The molecule has 1 aliphatic rings. The quantitative estimate of drug-likeness (QED) is 0.873. The monoisotopic (exact) mass is 269 g/mol. The van der Waals surface area contributed by atoms with Gasteiger partial charge in [-0.2, -0.15) is 11.8 Å². The Balaban J connectivity index is 2.00. The van der Waals surface area contributed by atoms with Crippen LogP contribution in [0.25, 0.3) is 0 Å². The minimum Gasteiger partial charge on any atom is -0.478 e. The molecule has 0 radical (unpaired) electrons. The lowest BCUT2D eigenvalue weighted by Crippen LogP contribution is -2.38. The second kappa shape index (κ2) is 5.48. The molecule has 1 saturated carbocycles. The summed E-state index contributed by atoms with van der Waals surface area (Å²) in [5.41, 5.74) is -0.00649. The van der Waals surface area contributed by atoms with E-state index in [1.54, 1.807) is 11.8 Å². The molecule has 0 bridgehead atoms. The molecule has 1 aliphatic carbocycles. The van der Waals surface area contributed by atoms with Gasteiger partial charge in [-0.25, -0.2) is 4.79 Å². The maximum absolute atomic E-state index is 11.9. The summed E-state index contributed by atoms with van der Waals surface area (Å²) in [7, 11) is 0. The Hall–Kier alpha value is -1.43. The highest BCUT2D eigenvalue weighted by atomic mass is 32.2. The van der Waals surface area contributed by atoms with Gasteiger partial charge in [-0.3, -0.25) is 4.79 Å². The zero-order chi connectivity index (χ0) is 13.1. The van der Waals surface area contributed by atoms with Gasteiger partial charge in [0, 0.05) is 17.4 Å². The normalized spacial score (nSPS) is 22.9. The molecule has 1 heterocycles. The number of thioether (sulfide) groups is 1. The minimum absolute atomic E-state index is 0.00649. The van der Waals surface area contributed by atoms with Gasteiger partial charge in [-0.05, 0) is 19.1 Å². The molecule has 1 aromatic rings. The third kappa shape index (κ3) is 2.69. The third-order valence-electron chi connectivity index (χ3n) is 3.14. The van der Waals surface area contributed by atoms with Crippen LogP contribution in [-0.4, -0.2) is 34.5 Å². The highest BCUT2D eigenvalue weighted by Gasteiger charge is 2.28. The van der Waals surface area contributed by atoms with E-state index >= 15 is 0 Å². The van der Waals surface area contributed by atoms with Crippen LogP contribution in [0.3, 0.4) is 0 Å². The molecule has 98 valence electrons. The summed E-state index contributed by atoms with van der Waals surface area (Å²) >= 11 is 1.75. The lowest BCUT2D eigenvalue weighted by molar-refractivity contribution is 0.0695. The summed E-state index contributed by atoms with van der Waals surface area (Å²) in [5.74, 6) is -1.38. The van der Waals surface area contributed by atoms with E-state index in [0.717, 1.165) is 25.5 Å². The zero-order valence-corrected chi connectivity index (χ0v) is 10.8. The Kier molecular flexibility index (Phi) is 3.96. The number of rotatable bonds is 4. The van der Waals surface area contributed by atoms with Crippen LogP contribution in [-0.2, 0) is 0 Å². The molecule has 2 atom stereocenters. The summed E-state index contributed by atoms with van der Waals surface area (Å²) in [6, 6.07) is 1.40. The SMILES string of the molecule is CSC1CCCC1NC(=O)c1cc(C(=O)O)co1. The van der Waals surface area contributed by atoms with Crippen molar-refractivity contribution >= 4 is 23.6 Å². The first-order valence-corrected chi connectivity index (χ1v) is 7.06. The fourth-order valence-electron chi connectivity index (χ4n) is 2.18. The summed E-state index contributed by atoms with van der Waals surface area (Å²) in [4.78, 5) is 22.6. The number of carboxylic acid groups (broad SMARTS) is 1. The van der Waals surface area contributed by atoms with E-state index in [2.05, 4.69) is 5.32 Å². The summed E-state index contributed by atoms with van der Waals surface area (Å²) in [6.07, 6.45) is 6.28. The van der Waals surface area contributed by atoms with Crippen LogP contribution in [0.15, 0.2) is 16.7 Å². The number of carbonyl (C=O) groups excluding carboxylic acids is 1. The largest absolute Gasteiger partial charge is 0.478 e. The van der Waals surface area contributed by atoms with Gasteiger partial charge in [-0.1, -0.05) is 6.42 Å². The Labute approximate surface area is 109 Å². The predicted octanol–water partition coefficient (Wildman–Crippen LogP) is 1.99. The van der Waals surface area contributed by atoms with Gasteiger partial charge >= 0.3 is 5.97 Å². The lowest BCUT2D eigenvalue weighted by Gasteiger charge is -2.18. The van der Waals surface area contributed by atoms with Gasteiger partial charge in [0.25, 0.3) is 5.91 Å². The van der Waals surface area contributed by atoms with Gasteiger partial charge in [0.15, 0.2) is 5.76 Å². The Bertz CT molecular complexity index is 457. The first-order chi connectivity index (χ1) is 8.61. The average molecular weight is 269 g/mol. The number of aromatic carboxylic acids is 1. The van der Waals surface area contributed by atoms with Crippen molar-refractivity contribution in [3.63, 3.8) is 0 Å². The van der Waals surface area contributed by atoms with E-state index in [-0.39, 0.29) is 23.3 Å². The van der Waals surface area contributed by atoms with Crippen molar-refractivity contribution in [1.29, 1.82) is 0 Å². The molecule has 0 saturated heterocycles. The Morgan fingerprint density at radius 3 is 2.89 bits per heavy atom. The number of carboxylic acids is 1. The maximum atomic E-state index is 11.9. The van der Waals surface area contributed by atoms with Crippen molar-refractivity contribution in [2.75, 3.05) is 6.26 Å². The molecule has 0 spiro atoms. The van der Waals surface area contributed by atoms with Crippen molar-refractivity contribution < 1.29 is 19.1 Å². The van der Waals surface area contributed by atoms with Crippen LogP contribution >= 0.6 is 11.8 Å². The second-order valence-corrected chi connectivity index (χ2v) is 5.37. The summed E-state index contributed by atoms with van der Waals surface area (Å²) in [6.45, 7) is 0. The van der Waals surface area contributed by atoms with E-state index in [1.165, 1.54) is 6.07 Å². The second-order valence-electron chi connectivity index (χ2n) is 4.29. The van der Waals surface area contributed by atoms with E-state index in [4.69, 9.17) is 9.52 Å². The van der Waals surface area contributed by atoms with E-state index in [9.17, 15) is 9.59 Å². The standard InChI is InChI=1S/C12H15NO4S/c1-18-10-4-2-3-8(10)13-11(14)9-5-7(6-17-9)12(15)16/h5-6,8,10H,2-4H2,1H3,(H,13,14)(H,15,16). The number of furan rings is 1. The van der Waals surface area contributed by atoms with Gasteiger partial charge in [0.2, 0.25) is 0 Å². The van der Waals surface area contributed by atoms with E-state index < -0.39 is 5.97 Å². The number of hydrogen-bond donors (Lipinski definition) is 2. The van der Waals surface area contributed by atoms with Crippen LogP contribution in [0.5, 0.6) is 0 Å². The molecule has 0 aliphatic heterocycles. The molecular weight excluding hydrogens is 254 g/mol. The molecule has 1 amide bonds. The first kappa shape index (κ1) is 13.0. The molecule has 1 fully saturated rings. The fraction of sp³-hybridized carbons (Fsp3) is 0.500. The van der Waals surface area contributed by atoms with Crippen LogP contribution < -0.4 is 5.32 Å². The van der Waals surface area contributed by atoms with Crippen LogP contribution in [0, 0.1) is 0 Å². The molecule has 18 heavy (non-hydrogen) atoms. The molecule has 6 heteroatoms. The smallest absolute Gasteiger partial charge is 0.338 e. The highest BCUT2D eigenvalue weighted by Crippen LogP contribution is 2.28. The molecule has 2 N–H and O–H groups in total. The minimum atomic E-state index is -1.10. The number of carbonyl (C=O) groups is 2. The van der Waals surface area contributed by atoms with Crippen molar-refractivity contribution in [2.45, 2.75) is 30.6 Å². The predicted molar refractivity (Wildman–Crippen MR) is 68.1 cm³/mol. The maximum Gasteiger partial charge on any atom is 0.338 e. The number of nitrogens with one attached hydrogen (secondary N) is 1. The zero-order valence-electron chi connectivity index (χ0n) is 10.0. The topological polar surface area (TPSA) is 79.5 Å². The number of amides is 1. The van der Waals surface area contributed by atoms with Crippen LogP contribution in [0.1, 0.15) is 40.2 Å².